The van der Waals surface area contributed by atoms with Gasteiger partial charge in [-0.15, -0.1) is 11.3 Å². The number of amides is 1. The first-order valence-electron chi connectivity index (χ1n) is 8.27. The van der Waals surface area contributed by atoms with Crippen molar-refractivity contribution in [3.05, 3.63) is 73.8 Å². The molecule has 3 rings (SSSR count). The summed E-state index contributed by atoms with van der Waals surface area (Å²) in [6.07, 6.45) is 0. The maximum Gasteiger partial charge on any atom is 0.337 e. The molecule has 0 fully saturated rings. The SMILES string of the molecule is CN(c1ccc(Cl)cc1)S(=O)(=O)c1csc(C(=O)Nc2ccc(Br)cc2C(=O)O)c1. The maximum absolute atomic E-state index is 12.9. The second kappa shape index (κ2) is 8.76. The molecule has 30 heavy (non-hydrogen) atoms. The van der Waals surface area contributed by atoms with Crippen molar-refractivity contribution in [3.8, 4) is 0 Å². The lowest BCUT2D eigenvalue weighted by Crippen LogP contribution is -2.26. The molecule has 1 heterocycles. The van der Waals surface area contributed by atoms with Crippen LogP contribution in [0.2, 0.25) is 5.02 Å². The average molecular weight is 530 g/mol. The van der Waals surface area contributed by atoms with Gasteiger partial charge in [-0.2, -0.15) is 0 Å². The molecule has 0 atom stereocenters. The number of aromatic carboxylic acids is 1. The van der Waals surface area contributed by atoms with Gasteiger partial charge in [-0.25, -0.2) is 13.2 Å². The Morgan fingerprint density at radius 2 is 1.80 bits per heavy atom. The highest BCUT2D eigenvalue weighted by Crippen LogP contribution is 2.28. The van der Waals surface area contributed by atoms with E-state index in [-0.39, 0.29) is 21.0 Å². The molecule has 1 amide bonds. The molecule has 0 aliphatic rings. The molecule has 1 aromatic heterocycles. The molecule has 0 unspecified atom stereocenters. The van der Waals surface area contributed by atoms with Gasteiger partial charge in [0, 0.05) is 21.9 Å². The zero-order valence-electron chi connectivity index (χ0n) is 15.3. The Balaban J connectivity index is 1.84. The van der Waals surface area contributed by atoms with Gasteiger partial charge in [-0.1, -0.05) is 27.5 Å². The van der Waals surface area contributed by atoms with Gasteiger partial charge in [-0.05, 0) is 48.5 Å². The van der Waals surface area contributed by atoms with Gasteiger partial charge in [-0.3, -0.25) is 9.10 Å². The van der Waals surface area contributed by atoms with Crippen LogP contribution in [0.4, 0.5) is 11.4 Å². The Bertz CT molecular complexity index is 1230. The van der Waals surface area contributed by atoms with Gasteiger partial charge < -0.3 is 10.4 Å². The van der Waals surface area contributed by atoms with Crippen molar-refractivity contribution in [2.45, 2.75) is 4.90 Å². The van der Waals surface area contributed by atoms with E-state index >= 15 is 0 Å². The van der Waals surface area contributed by atoms with E-state index in [2.05, 4.69) is 21.2 Å². The number of nitrogens with zero attached hydrogens (tertiary/aromatic N) is 1. The Morgan fingerprint density at radius 1 is 1.13 bits per heavy atom. The Hall–Kier alpha value is -2.40. The molecule has 0 saturated carbocycles. The van der Waals surface area contributed by atoms with Crippen molar-refractivity contribution < 1.29 is 23.1 Å². The number of hydrogen-bond donors (Lipinski definition) is 2. The number of anilines is 2. The molecule has 7 nitrogen and oxygen atoms in total. The zero-order valence-corrected chi connectivity index (χ0v) is 19.3. The smallest absolute Gasteiger partial charge is 0.337 e. The van der Waals surface area contributed by atoms with Crippen molar-refractivity contribution in [2.24, 2.45) is 0 Å². The molecule has 0 aliphatic carbocycles. The van der Waals surface area contributed by atoms with Crippen LogP contribution in [0.1, 0.15) is 20.0 Å². The quantitative estimate of drug-likeness (QED) is 0.471. The van der Waals surface area contributed by atoms with Crippen molar-refractivity contribution >= 4 is 72.1 Å². The Labute approximate surface area is 190 Å². The van der Waals surface area contributed by atoms with Crippen LogP contribution in [-0.2, 0) is 10.0 Å². The van der Waals surface area contributed by atoms with Crippen LogP contribution in [0.15, 0.2) is 63.3 Å². The van der Waals surface area contributed by atoms with Crippen LogP contribution in [0.25, 0.3) is 0 Å². The number of hydrogen-bond acceptors (Lipinski definition) is 5. The van der Waals surface area contributed by atoms with Gasteiger partial charge in [0.1, 0.15) is 0 Å². The molecular weight excluding hydrogens is 516 g/mol. The standard InChI is InChI=1S/C19H14BrClN2O5S2/c1-23(13-5-3-12(21)4-6-13)30(27,28)14-9-17(29-10-14)18(24)22-16-7-2-11(20)8-15(16)19(25)26/h2-10H,1H3,(H,22,24)(H,25,26). The highest BCUT2D eigenvalue weighted by molar-refractivity contribution is 9.10. The second-order valence-electron chi connectivity index (χ2n) is 6.04. The minimum Gasteiger partial charge on any atom is -0.478 e. The van der Waals surface area contributed by atoms with E-state index in [4.69, 9.17) is 11.6 Å². The number of sulfonamides is 1. The maximum atomic E-state index is 12.9. The topological polar surface area (TPSA) is 104 Å². The molecule has 0 spiro atoms. The van der Waals surface area contributed by atoms with Gasteiger partial charge in [0.05, 0.1) is 26.7 Å². The summed E-state index contributed by atoms with van der Waals surface area (Å²) in [5.41, 5.74) is 0.425. The summed E-state index contributed by atoms with van der Waals surface area (Å²) in [5.74, 6) is -1.81. The number of rotatable bonds is 6. The summed E-state index contributed by atoms with van der Waals surface area (Å²) in [6, 6.07) is 12.0. The van der Waals surface area contributed by atoms with E-state index in [1.165, 1.54) is 30.6 Å². The van der Waals surface area contributed by atoms with E-state index in [0.29, 0.717) is 15.2 Å². The minimum atomic E-state index is -3.90. The Morgan fingerprint density at radius 3 is 2.43 bits per heavy atom. The predicted octanol–water partition coefficient (Wildman–Crippen LogP) is 4.94. The summed E-state index contributed by atoms with van der Waals surface area (Å²) < 4.78 is 27.4. The lowest BCUT2D eigenvalue weighted by molar-refractivity contribution is 0.0698. The third-order valence-corrected chi connectivity index (χ3v) is 7.69. The van der Waals surface area contributed by atoms with E-state index < -0.39 is 21.9 Å². The van der Waals surface area contributed by atoms with Crippen LogP contribution in [0.5, 0.6) is 0 Å². The summed E-state index contributed by atoms with van der Waals surface area (Å²) in [6.45, 7) is 0. The number of thiophene rings is 1. The molecule has 0 radical (unpaired) electrons. The van der Waals surface area contributed by atoms with Crippen molar-refractivity contribution in [1.29, 1.82) is 0 Å². The number of carbonyl (C=O) groups excluding carboxylic acids is 1. The molecule has 2 aromatic carbocycles. The fourth-order valence-corrected chi connectivity index (χ4v) is 5.35. The molecule has 3 aromatic rings. The van der Waals surface area contributed by atoms with Gasteiger partial charge in [0.15, 0.2) is 0 Å². The number of benzene rings is 2. The third-order valence-electron chi connectivity index (χ3n) is 4.11. The van der Waals surface area contributed by atoms with E-state index in [0.717, 1.165) is 15.6 Å². The molecule has 11 heteroatoms. The summed E-state index contributed by atoms with van der Waals surface area (Å²) in [5, 5.41) is 13.7. The van der Waals surface area contributed by atoms with Gasteiger partial charge >= 0.3 is 5.97 Å². The lowest BCUT2D eigenvalue weighted by Gasteiger charge is -2.18. The third kappa shape index (κ3) is 4.67. The van der Waals surface area contributed by atoms with Crippen LogP contribution in [0.3, 0.4) is 0 Å². The highest BCUT2D eigenvalue weighted by Gasteiger charge is 2.24. The molecule has 0 saturated heterocycles. The summed E-state index contributed by atoms with van der Waals surface area (Å²) in [7, 11) is -2.50. The molecule has 0 aliphatic heterocycles. The minimum absolute atomic E-state index is 0.0515. The highest BCUT2D eigenvalue weighted by atomic mass is 79.9. The van der Waals surface area contributed by atoms with Crippen LogP contribution in [-0.4, -0.2) is 32.4 Å². The van der Waals surface area contributed by atoms with Crippen molar-refractivity contribution in [2.75, 3.05) is 16.7 Å². The molecule has 156 valence electrons. The monoisotopic (exact) mass is 528 g/mol. The molecular formula is C19H14BrClN2O5S2. The number of carbonyl (C=O) groups is 2. The van der Waals surface area contributed by atoms with Crippen LogP contribution in [0, 0.1) is 0 Å². The summed E-state index contributed by atoms with van der Waals surface area (Å²) in [4.78, 5) is 24.0. The molecule has 0 bridgehead atoms. The largest absolute Gasteiger partial charge is 0.478 e. The van der Waals surface area contributed by atoms with E-state index in [1.54, 1.807) is 30.3 Å². The van der Waals surface area contributed by atoms with Crippen molar-refractivity contribution in [3.63, 3.8) is 0 Å². The predicted molar refractivity (Wildman–Crippen MR) is 120 cm³/mol. The average Bonchev–Trinajstić information content (AvgIpc) is 3.20. The van der Waals surface area contributed by atoms with E-state index in [1.807, 2.05) is 0 Å². The van der Waals surface area contributed by atoms with Crippen LogP contribution >= 0.6 is 38.9 Å². The number of carboxylic acids is 1. The number of nitrogens with one attached hydrogen (secondary N) is 1. The number of carboxylic acid groups (broad SMARTS) is 1. The van der Waals surface area contributed by atoms with Crippen LogP contribution < -0.4 is 9.62 Å². The second-order valence-corrected chi connectivity index (χ2v) is 10.3. The van der Waals surface area contributed by atoms with Gasteiger partial charge in [0.25, 0.3) is 15.9 Å². The van der Waals surface area contributed by atoms with Gasteiger partial charge in [0.2, 0.25) is 0 Å². The summed E-state index contributed by atoms with van der Waals surface area (Å²) >= 11 is 9.97. The molecule has 2 N–H and O–H groups in total. The van der Waals surface area contributed by atoms with E-state index in [9.17, 15) is 23.1 Å². The zero-order chi connectivity index (χ0) is 22.1. The lowest BCUT2D eigenvalue weighted by atomic mass is 10.2. The fraction of sp³-hybridized carbons (Fsp3) is 0.0526. The number of halogens is 2. The Kier molecular flexibility index (Phi) is 6.51. The first kappa shape index (κ1) is 22.3. The normalized spacial score (nSPS) is 11.2. The first-order chi connectivity index (χ1) is 14.1. The first-order valence-corrected chi connectivity index (χ1v) is 11.8. The van der Waals surface area contributed by atoms with Crippen molar-refractivity contribution in [1.82, 2.24) is 0 Å². The fourth-order valence-electron chi connectivity index (χ4n) is 2.51.